The van der Waals surface area contributed by atoms with Crippen LogP contribution in [0.2, 0.25) is 0 Å². The van der Waals surface area contributed by atoms with Crippen molar-refractivity contribution in [3.63, 3.8) is 0 Å². The van der Waals surface area contributed by atoms with Gasteiger partial charge >= 0.3 is 0 Å². The van der Waals surface area contributed by atoms with Gasteiger partial charge in [-0.2, -0.15) is 0 Å². The summed E-state index contributed by atoms with van der Waals surface area (Å²) in [6, 6.07) is 3.95. The van der Waals surface area contributed by atoms with Crippen molar-refractivity contribution < 1.29 is 0 Å². The van der Waals surface area contributed by atoms with E-state index in [0.717, 1.165) is 52.1 Å². The molecule has 0 spiro atoms. The molecule has 0 aliphatic heterocycles. The third kappa shape index (κ3) is 3.00. The summed E-state index contributed by atoms with van der Waals surface area (Å²) in [5.41, 5.74) is 3.47. The van der Waals surface area contributed by atoms with Gasteiger partial charge in [-0.25, -0.2) is 15.0 Å². The summed E-state index contributed by atoms with van der Waals surface area (Å²) in [5.74, 6) is 1.75. The Morgan fingerprint density at radius 1 is 1.19 bits per heavy atom. The molecule has 0 unspecified atom stereocenters. The quantitative estimate of drug-likeness (QED) is 0.505. The molecule has 5 nitrogen and oxygen atoms in total. The molecule has 1 aliphatic rings. The van der Waals surface area contributed by atoms with E-state index in [9.17, 15) is 0 Å². The average molecular weight is 394 g/mol. The molecule has 7 heteroatoms. The third-order valence-electron chi connectivity index (χ3n) is 4.87. The predicted octanol–water partition coefficient (Wildman–Crippen LogP) is 4.64. The van der Waals surface area contributed by atoms with E-state index in [2.05, 4.69) is 27.3 Å². The number of thiazole rings is 1. The Morgan fingerprint density at radius 3 is 2.89 bits per heavy atom. The number of hydrogen-bond donors (Lipinski definition) is 0. The molecule has 0 bridgehead atoms. The monoisotopic (exact) mass is 393 g/mol. The lowest BCUT2D eigenvalue weighted by atomic mass is 10.1. The highest BCUT2D eigenvalue weighted by atomic mass is 32.1. The molecule has 4 aromatic heterocycles. The van der Waals surface area contributed by atoms with E-state index in [-0.39, 0.29) is 0 Å². The Morgan fingerprint density at radius 2 is 2.11 bits per heavy atom. The highest BCUT2D eigenvalue weighted by Gasteiger charge is 2.24. The molecule has 0 saturated heterocycles. The van der Waals surface area contributed by atoms with Crippen LogP contribution in [0, 0.1) is 6.92 Å². The van der Waals surface area contributed by atoms with Gasteiger partial charge in [-0.3, -0.25) is 4.98 Å². The lowest BCUT2D eigenvalue weighted by Gasteiger charge is -2.19. The first kappa shape index (κ1) is 16.8. The molecular formula is C20H19N5S2. The van der Waals surface area contributed by atoms with E-state index in [1.54, 1.807) is 17.5 Å². The Kier molecular flexibility index (Phi) is 4.13. The van der Waals surface area contributed by atoms with Crippen LogP contribution in [0.1, 0.15) is 27.6 Å². The summed E-state index contributed by atoms with van der Waals surface area (Å²) in [5, 5.41) is 4.44. The molecule has 0 saturated carbocycles. The van der Waals surface area contributed by atoms with Crippen LogP contribution >= 0.6 is 22.7 Å². The molecule has 4 heterocycles. The van der Waals surface area contributed by atoms with Crippen LogP contribution in [-0.2, 0) is 19.4 Å². The van der Waals surface area contributed by atoms with Crippen LogP contribution in [0.4, 0.5) is 5.82 Å². The largest absolute Gasteiger partial charge is 0.352 e. The Labute approximate surface area is 165 Å². The van der Waals surface area contributed by atoms with Gasteiger partial charge in [-0.15, -0.1) is 22.7 Å². The summed E-state index contributed by atoms with van der Waals surface area (Å²) < 4.78 is 0. The Bertz CT molecular complexity index is 1120. The number of nitrogens with zero attached hydrogens (tertiary/aromatic N) is 5. The van der Waals surface area contributed by atoms with Gasteiger partial charge < -0.3 is 4.90 Å². The molecule has 0 aromatic carbocycles. The molecule has 27 heavy (non-hydrogen) atoms. The van der Waals surface area contributed by atoms with Crippen molar-refractivity contribution in [1.82, 2.24) is 19.9 Å². The van der Waals surface area contributed by atoms with Gasteiger partial charge in [0.1, 0.15) is 15.7 Å². The second-order valence-electron chi connectivity index (χ2n) is 6.89. The minimum atomic E-state index is 0.743. The lowest BCUT2D eigenvalue weighted by molar-refractivity contribution is 0.884. The Hall–Kier alpha value is -2.38. The maximum atomic E-state index is 4.98. The van der Waals surface area contributed by atoms with Crippen molar-refractivity contribution in [2.75, 3.05) is 11.9 Å². The minimum absolute atomic E-state index is 0.743. The molecule has 0 atom stereocenters. The van der Waals surface area contributed by atoms with E-state index in [0.29, 0.717) is 0 Å². The normalized spacial score (nSPS) is 13.3. The number of aromatic nitrogens is 4. The van der Waals surface area contributed by atoms with Gasteiger partial charge in [0, 0.05) is 41.0 Å². The van der Waals surface area contributed by atoms with E-state index < -0.39 is 0 Å². The van der Waals surface area contributed by atoms with Gasteiger partial charge in [-0.05, 0) is 43.9 Å². The van der Waals surface area contributed by atoms with Crippen LogP contribution < -0.4 is 4.90 Å². The lowest BCUT2D eigenvalue weighted by Crippen LogP contribution is -2.18. The van der Waals surface area contributed by atoms with E-state index in [4.69, 9.17) is 9.97 Å². The van der Waals surface area contributed by atoms with E-state index in [1.807, 2.05) is 36.6 Å². The second kappa shape index (κ2) is 6.65. The fourth-order valence-corrected chi connectivity index (χ4v) is 5.71. The highest BCUT2D eigenvalue weighted by molar-refractivity contribution is 7.19. The van der Waals surface area contributed by atoms with Gasteiger partial charge in [0.05, 0.1) is 11.9 Å². The molecule has 0 radical (unpaired) electrons. The maximum Gasteiger partial charge on any atom is 0.164 e. The second-order valence-corrected chi connectivity index (χ2v) is 8.91. The molecular weight excluding hydrogens is 374 g/mol. The number of thiophene rings is 1. The van der Waals surface area contributed by atoms with Crippen molar-refractivity contribution >= 4 is 38.7 Å². The fraction of sp³-hybridized carbons (Fsp3) is 0.300. The van der Waals surface area contributed by atoms with Crippen molar-refractivity contribution in [2.24, 2.45) is 0 Å². The fourth-order valence-electron chi connectivity index (χ4n) is 3.63. The molecule has 4 aromatic rings. The van der Waals surface area contributed by atoms with Crippen LogP contribution in [0.15, 0.2) is 29.9 Å². The summed E-state index contributed by atoms with van der Waals surface area (Å²) in [4.78, 5) is 23.5. The van der Waals surface area contributed by atoms with Gasteiger partial charge in [0.15, 0.2) is 5.82 Å². The van der Waals surface area contributed by atoms with E-state index in [1.165, 1.54) is 22.2 Å². The average Bonchev–Trinajstić information content (AvgIpc) is 3.37. The summed E-state index contributed by atoms with van der Waals surface area (Å²) in [6.45, 7) is 2.79. The maximum absolute atomic E-state index is 4.98. The van der Waals surface area contributed by atoms with Crippen molar-refractivity contribution in [1.29, 1.82) is 0 Å². The number of anilines is 1. The number of aryl methyl sites for hydroxylation is 3. The topological polar surface area (TPSA) is 54.8 Å². The zero-order valence-corrected chi connectivity index (χ0v) is 16.9. The standard InChI is InChI=1S/C20H19N5S2/c1-12-11-26-16(22-12)10-25(2)19-17-14-6-3-7-15(14)27-20(17)24-18(23-19)13-5-4-8-21-9-13/h4-5,8-9,11H,3,6-7,10H2,1-2H3. The van der Waals surface area contributed by atoms with Crippen LogP contribution in [0.3, 0.4) is 0 Å². The molecule has 0 N–H and O–H groups in total. The summed E-state index contributed by atoms with van der Waals surface area (Å²) >= 11 is 3.53. The highest BCUT2D eigenvalue weighted by Crippen LogP contribution is 2.41. The zero-order valence-electron chi connectivity index (χ0n) is 15.3. The molecule has 0 fully saturated rings. The first-order valence-corrected chi connectivity index (χ1v) is 10.7. The molecule has 1 aliphatic carbocycles. The molecule has 0 amide bonds. The van der Waals surface area contributed by atoms with E-state index >= 15 is 0 Å². The van der Waals surface area contributed by atoms with Crippen LogP contribution in [0.25, 0.3) is 21.6 Å². The van der Waals surface area contributed by atoms with Gasteiger partial charge in [-0.1, -0.05) is 0 Å². The summed E-state index contributed by atoms with van der Waals surface area (Å²) in [6.07, 6.45) is 7.13. The minimum Gasteiger partial charge on any atom is -0.352 e. The SMILES string of the molecule is Cc1csc(CN(C)c2nc(-c3cccnc3)nc3sc4c(c23)CCC4)n1. The molecule has 136 valence electrons. The first-order chi connectivity index (χ1) is 13.2. The van der Waals surface area contributed by atoms with Crippen molar-refractivity contribution in [2.45, 2.75) is 32.7 Å². The number of rotatable bonds is 4. The Balaban J connectivity index is 1.65. The van der Waals surface area contributed by atoms with Gasteiger partial charge in [0.2, 0.25) is 0 Å². The summed E-state index contributed by atoms with van der Waals surface area (Å²) in [7, 11) is 2.10. The van der Waals surface area contributed by atoms with Crippen LogP contribution in [0.5, 0.6) is 0 Å². The zero-order chi connectivity index (χ0) is 18.4. The van der Waals surface area contributed by atoms with Crippen LogP contribution in [-0.4, -0.2) is 27.0 Å². The molecule has 5 rings (SSSR count). The smallest absolute Gasteiger partial charge is 0.164 e. The third-order valence-corrected chi connectivity index (χ3v) is 7.00. The van der Waals surface area contributed by atoms with Crippen molar-refractivity contribution in [3.05, 3.63) is 51.0 Å². The first-order valence-electron chi connectivity index (χ1n) is 9.04. The number of hydrogen-bond acceptors (Lipinski definition) is 7. The predicted molar refractivity (Wildman–Crippen MR) is 112 cm³/mol. The number of fused-ring (bicyclic) bond motifs is 3. The number of pyridine rings is 1. The van der Waals surface area contributed by atoms with Gasteiger partial charge in [0.25, 0.3) is 0 Å². The van der Waals surface area contributed by atoms with Crippen molar-refractivity contribution in [3.8, 4) is 11.4 Å².